The van der Waals surface area contributed by atoms with Crippen LogP contribution in [0.4, 0.5) is 17.1 Å². The molecule has 3 rings (SSSR count). The molecule has 0 saturated carbocycles. The zero-order chi connectivity index (χ0) is 15.0. The van der Waals surface area contributed by atoms with Crippen molar-refractivity contribution in [2.24, 2.45) is 5.84 Å². The monoisotopic (exact) mass is 291 g/mol. The van der Waals surface area contributed by atoms with Gasteiger partial charge in [-0.05, 0) is 12.5 Å². The molecule has 3 N–H and O–H groups in total. The van der Waals surface area contributed by atoms with E-state index in [-0.39, 0.29) is 17.6 Å². The van der Waals surface area contributed by atoms with Gasteiger partial charge in [0.15, 0.2) is 0 Å². The number of rotatable bonds is 3. The van der Waals surface area contributed by atoms with E-state index in [1.54, 1.807) is 12.1 Å². The highest BCUT2D eigenvalue weighted by atomic mass is 16.6. The van der Waals surface area contributed by atoms with E-state index in [1.165, 1.54) is 6.07 Å². The molecule has 1 atom stereocenters. The number of benzene rings is 1. The number of fused-ring (bicyclic) bond motifs is 1. The van der Waals surface area contributed by atoms with Crippen molar-refractivity contribution >= 4 is 23.0 Å². The van der Waals surface area contributed by atoms with E-state index in [2.05, 4.69) is 10.3 Å². The average molecular weight is 291 g/mol. The normalized spacial score (nSPS) is 21.4. The number of hydrazine groups is 1. The number of hydrogen-bond donors (Lipinski definition) is 2. The van der Waals surface area contributed by atoms with Crippen LogP contribution in [-0.4, -0.2) is 41.4 Å². The molecule has 112 valence electrons. The van der Waals surface area contributed by atoms with Gasteiger partial charge in [-0.2, -0.15) is 0 Å². The van der Waals surface area contributed by atoms with Crippen molar-refractivity contribution in [3.05, 3.63) is 28.3 Å². The van der Waals surface area contributed by atoms with Crippen LogP contribution in [0.1, 0.15) is 12.8 Å². The predicted molar refractivity (Wildman–Crippen MR) is 77.9 cm³/mol. The highest BCUT2D eigenvalue weighted by Crippen LogP contribution is 2.30. The Bertz CT molecular complexity index is 591. The van der Waals surface area contributed by atoms with Crippen LogP contribution in [0.2, 0.25) is 0 Å². The number of nitrogens with one attached hydrogen (secondary N) is 1. The summed E-state index contributed by atoms with van der Waals surface area (Å²) in [4.78, 5) is 26.2. The van der Waals surface area contributed by atoms with Crippen molar-refractivity contribution in [1.82, 2.24) is 4.90 Å². The highest BCUT2D eigenvalue weighted by molar-refractivity contribution is 5.79. The van der Waals surface area contributed by atoms with Gasteiger partial charge in [-0.3, -0.25) is 20.8 Å². The standard InChI is InChI=1S/C13H17N5O3/c14-15-9-5-11(7-12(6-9)18(20)21)16-3-4-17-10(8-16)1-2-13(17)19/h5-7,10,15H,1-4,8,14H2. The molecule has 1 aromatic rings. The van der Waals surface area contributed by atoms with Crippen LogP contribution in [0, 0.1) is 10.1 Å². The lowest BCUT2D eigenvalue weighted by molar-refractivity contribution is -0.384. The summed E-state index contributed by atoms with van der Waals surface area (Å²) >= 11 is 0. The zero-order valence-corrected chi connectivity index (χ0v) is 11.5. The number of nitro groups is 1. The fourth-order valence-corrected chi connectivity index (χ4v) is 3.07. The van der Waals surface area contributed by atoms with E-state index in [0.717, 1.165) is 12.1 Å². The molecular weight excluding hydrogens is 274 g/mol. The minimum absolute atomic E-state index is 0.00498. The molecule has 2 fully saturated rings. The maximum Gasteiger partial charge on any atom is 0.273 e. The maximum absolute atomic E-state index is 11.7. The van der Waals surface area contributed by atoms with Crippen LogP contribution in [0.5, 0.6) is 0 Å². The van der Waals surface area contributed by atoms with E-state index < -0.39 is 4.92 Å². The number of nitrogens with two attached hydrogens (primary N) is 1. The van der Waals surface area contributed by atoms with Crippen molar-refractivity contribution in [3.8, 4) is 0 Å². The highest BCUT2D eigenvalue weighted by Gasteiger charge is 2.35. The van der Waals surface area contributed by atoms with Gasteiger partial charge in [-0.15, -0.1) is 0 Å². The maximum atomic E-state index is 11.7. The number of hydrogen-bond acceptors (Lipinski definition) is 6. The lowest BCUT2D eigenvalue weighted by Crippen LogP contribution is -2.51. The van der Waals surface area contributed by atoms with Crippen LogP contribution in [-0.2, 0) is 4.79 Å². The zero-order valence-electron chi connectivity index (χ0n) is 11.5. The van der Waals surface area contributed by atoms with Gasteiger partial charge >= 0.3 is 0 Å². The topological polar surface area (TPSA) is 105 Å². The van der Waals surface area contributed by atoms with Crippen LogP contribution in [0.15, 0.2) is 18.2 Å². The number of amides is 1. The van der Waals surface area contributed by atoms with Gasteiger partial charge in [0, 0.05) is 49.9 Å². The molecule has 1 aromatic carbocycles. The molecule has 2 heterocycles. The molecule has 2 aliphatic rings. The van der Waals surface area contributed by atoms with Gasteiger partial charge in [0.2, 0.25) is 5.91 Å². The average Bonchev–Trinajstić information content (AvgIpc) is 2.87. The molecule has 21 heavy (non-hydrogen) atoms. The Hall–Kier alpha value is -2.35. The molecule has 8 nitrogen and oxygen atoms in total. The number of nitro benzene ring substituents is 1. The molecule has 2 aliphatic heterocycles. The van der Waals surface area contributed by atoms with Crippen LogP contribution >= 0.6 is 0 Å². The minimum Gasteiger partial charge on any atom is -0.367 e. The third kappa shape index (κ3) is 2.49. The van der Waals surface area contributed by atoms with E-state index in [9.17, 15) is 14.9 Å². The Morgan fingerprint density at radius 2 is 2.14 bits per heavy atom. The number of nitrogen functional groups attached to an aromatic ring is 1. The fourth-order valence-electron chi connectivity index (χ4n) is 3.07. The first-order valence-electron chi connectivity index (χ1n) is 6.89. The number of anilines is 2. The van der Waals surface area contributed by atoms with Crippen LogP contribution in [0.3, 0.4) is 0 Å². The molecule has 0 bridgehead atoms. The number of non-ortho nitro benzene ring substituents is 1. The summed E-state index contributed by atoms with van der Waals surface area (Å²) in [6.07, 6.45) is 1.45. The van der Waals surface area contributed by atoms with E-state index in [0.29, 0.717) is 31.7 Å². The van der Waals surface area contributed by atoms with Crippen molar-refractivity contribution in [2.45, 2.75) is 18.9 Å². The second-order valence-corrected chi connectivity index (χ2v) is 5.37. The minimum atomic E-state index is -0.431. The Labute approximate surface area is 121 Å². The van der Waals surface area contributed by atoms with Gasteiger partial charge < -0.3 is 15.2 Å². The SMILES string of the molecule is NNc1cc(N2CCN3C(=O)CCC3C2)cc([N+](=O)[O-])c1. The van der Waals surface area contributed by atoms with Crippen molar-refractivity contribution in [2.75, 3.05) is 30.0 Å². The quantitative estimate of drug-likeness (QED) is 0.482. The number of piperazine rings is 1. The Morgan fingerprint density at radius 3 is 2.86 bits per heavy atom. The lowest BCUT2D eigenvalue weighted by Gasteiger charge is -2.38. The van der Waals surface area contributed by atoms with E-state index in [1.807, 2.05) is 4.90 Å². The summed E-state index contributed by atoms with van der Waals surface area (Å²) in [5.41, 5.74) is 3.73. The fraction of sp³-hybridized carbons (Fsp3) is 0.462. The van der Waals surface area contributed by atoms with Crippen molar-refractivity contribution in [1.29, 1.82) is 0 Å². The molecule has 2 saturated heterocycles. The molecule has 0 spiro atoms. The van der Waals surface area contributed by atoms with Gasteiger partial charge in [0.25, 0.3) is 5.69 Å². The Balaban J connectivity index is 1.85. The summed E-state index contributed by atoms with van der Waals surface area (Å²) < 4.78 is 0. The third-order valence-corrected chi connectivity index (χ3v) is 4.14. The van der Waals surface area contributed by atoms with E-state index in [4.69, 9.17) is 5.84 Å². The lowest BCUT2D eigenvalue weighted by atomic mass is 10.1. The molecule has 0 aliphatic carbocycles. The van der Waals surface area contributed by atoms with Crippen LogP contribution < -0.4 is 16.2 Å². The first-order valence-corrected chi connectivity index (χ1v) is 6.89. The third-order valence-electron chi connectivity index (χ3n) is 4.14. The molecular formula is C13H17N5O3. The summed E-state index contributed by atoms with van der Waals surface area (Å²) in [7, 11) is 0. The molecule has 0 aromatic heterocycles. The molecule has 0 radical (unpaired) electrons. The molecule has 8 heteroatoms. The van der Waals surface area contributed by atoms with Crippen LogP contribution in [0.25, 0.3) is 0 Å². The molecule has 1 amide bonds. The Kier molecular flexibility index (Phi) is 3.38. The second kappa shape index (κ2) is 5.21. The first kappa shape index (κ1) is 13.6. The van der Waals surface area contributed by atoms with Crippen molar-refractivity contribution in [3.63, 3.8) is 0 Å². The predicted octanol–water partition coefficient (Wildman–Crippen LogP) is 0.691. The largest absolute Gasteiger partial charge is 0.367 e. The van der Waals surface area contributed by atoms with E-state index >= 15 is 0 Å². The summed E-state index contributed by atoms with van der Waals surface area (Å²) in [6, 6.07) is 4.95. The summed E-state index contributed by atoms with van der Waals surface area (Å²) in [6.45, 7) is 2.04. The summed E-state index contributed by atoms with van der Waals surface area (Å²) in [5, 5.41) is 11.0. The van der Waals surface area contributed by atoms with Gasteiger partial charge in [-0.1, -0.05) is 0 Å². The Morgan fingerprint density at radius 1 is 1.33 bits per heavy atom. The smallest absolute Gasteiger partial charge is 0.273 e. The summed E-state index contributed by atoms with van der Waals surface area (Å²) in [5.74, 6) is 5.59. The van der Waals surface area contributed by atoms with Crippen molar-refractivity contribution < 1.29 is 9.72 Å². The number of carbonyl (C=O) groups is 1. The number of carbonyl (C=O) groups excluding carboxylic acids is 1. The number of nitrogens with zero attached hydrogens (tertiary/aromatic N) is 3. The van der Waals surface area contributed by atoms with Gasteiger partial charge in [0.1, 0.15) is 0 Å². The molecule has 1 unspecified atom stereocenters. The van der Waals surface area contributed by atoms with Gasteiger partial charge in [-0.25, -0.2) is 0 Å². The first-order chi connectivity index (χ1) is 10.1. The van der Waals surface area contributed by atoms with Gasteiger partial charge in [0.05, 0.1) is 10.6 Å². The second-order valence-electron chi connectivity index (χ2n) is 5.37.